The monoisotopic (exact) mass is 268 g/mol. The summed E-state index contributed by atoms with van der Waals surface area (Å²) >= 11 is 0. The number of rotatable bonds is 4. The molecule has 2 rings (SSSR count). The van der Waals surface area contributed by atoms with Crippen molar-refractivity contribution < 1.29 is 4.39 Å². The molecule has 0 aliphatic heterocycles. The van der Waals surface area contributed by atoms with Gasteiger partial charge in [0.15, 0.2) is 0 Å². The molecule has 3 heteroatoms. The van der Waals surface area contributed by atoms with E-state index in [1.807, 2.05) is 38.2 Å². The Morgan fingerprint density at radius 2 is 1.80 bits per heavy atom. The zero-order chi connectivity index (χ0) is 14.5. The smallest absolute Gasteiger partial charge is 0.127 e. The van der Waals surface area contributed by atoms with E-state index in [2.05, 4.69) is 11.0 Å². The van der Waals surface area contributed by atoms with Gasteiger partial charge in [-0.2, -0.15) is 5.26 Å². The highest BCUT2D eigenvalue weighted by Gasteiger charge is 2.07. The molecule has 0 aromatic heterocycles. The van der Waals surface area contributed by atoms with Gasteiger partial charge in [-0.25, -0.2) is 4.39 Å². The van der Waals surface area contributed by atoms with E-state index in [0.29, 0.717) is 17.7 Å². The van der Waals surface area contributed by atoms with E-state index >= 15 is 0 Å². The molecule has 0 radical (unpaired) electrons. The number of hydrogen-bond donors (Lipinski definition) is 0. The zero-order valence-electron chi connectivity index (χ0n) is 11.7. The number of benzene rings is 2. The van der Waals surface area contributed by atoms with E-state index in [-0.39, 0.29) is 5.82 Å². The Bertz CT molecular complexity index is 644. The summed E-state index contributed by atoms with van der Waals surface area (Å²) in [6, 6.07) is 14.6. The summed E-state index contributed by atoms with van der Waals surface area (Å²) in [6.45, 7) is 3.28. The summed E-state index contributed by atoms with van der Waals surface area (Å²) in [5.41, 5.74) is 3.61. The average molecular weight is 268 g/mol. The molecule has 0 saturated heterocycles. The molecule has 2 aromatic carbocycles. The van der Waals surface area contributed by atoms with Crippen LogP contribution in [0, 0.1) is 24.1 Å². The molecule has 2 aromatic rings. The fraction of sp³-hybridized carbons (Fsp3) is 0.235. The van der Waals surface area contributed by atoms with Crippen molar-refractivity contribution in [1.29, 1.82) is 5.26 Å². The molecular formula is C17H17FN2. The molecule has 0 heterocycles. The standard InChI is InChI=1S/C17H17FN2/c1-13-9-14(10-19)7-8-15(13)11-20(2)12-16-5-3-4-6-17(16)18/h3-9H,11-12H2,1-2H3. The van der Waals surface area contributed by atoms with E-state index in [4.69, 9.17) is 5.26 Å². The summed E-state index contributed by atoms with van der Waals surface area (Å²) in [5, 5.41) is 8.86. The highest BCUT2D eigenvalue weighted by molar-refractivity contribution is 5.37. The molecule has 0 fully saturated rings. The lowest BCUT2D eigenvalue weighted by molar-refractivity contribution is 0.313. The molecule has 102 valence electrons. The maximum atomic E-state index is 13.6. The summed E-state index contributed by atoms with van der Waals surface area (Å²) < 4.78 is 13.6. The Balaban J connectivity index is 2.07. The third kappa shape index (κ3) is 3.43. The molecule has 0 saturated carbocycles. The van der Waals surface area contributed by atoms with E-state index in [1.54, 1.807) is 12.1 Å². The van der Waals surface area contributed by atoms with Crippen molar-refractivity contribution in [3.63, 3.8) is 0 Å². The van der Waals surface area contributed by atoms with Crippen molar-refractivity contribution in [3.8, 4) is 6.07 Å². The third-order valence-electron chi connectivity index (χ3n) is 3.31. The number of halogens is 1. The maximum absolute atomic E-state index is 13.6. The lowest BCUT2D eigenvalue weighted by Crippen LogP contribution is -2.18. The molecule has 2 nitrogen and oxygen atoms in total. The highest BCUT2D eigenvalue weighted by atomic mass is 19.1. The van der Waals surface area contributed by atoms with Crippen LogP contribution in [0.15, 0.2) is 42.5 Å². The minimum Gasteiger partial charge on any atom is -0.298 e. The normalized spacial score (nSPS) is 10.6. The first kappa shape index (κ1) is 14.2. The summed E-state index contributed by atoms with van der Waals surface area (Å²) in [7, 11) is 1.96. The summed E-state index contributed by atoms with van der Waals surface area (Å²) in [6.07, 6.45) is 0. The molecule has 0 aliphatic carbocycles. The first-order chi connectivity index (χ1) is 9.60. The van der Waals surface area contributed by atoms with Gasteiger partial charge in [0, 0.05) is 18.7 Å². The van der Waals surface area contributed by atoms with E-state index in [1.165, 1.54) is 6.07 Å². The van der Waals surface area contributed by atoms with Crippen molar-refractivity contribution in [1.82, 2.24) is 4.90 Å². The van der Waals surface area contributed by atoms with Crippen LogP contribution < -0.4 is 0 Å². The Labute approximate surface area is 119 Å². The van der Waals surface area contributed by atoms with Gasteiger partial charge < -0.3 is 0 Å². The van der Waals surface area contributed by atoms with Crippen LogP contribution in [0.3, 0.4) is 0 Å². The van der Waals surface area contributed by atoms with Crippen LogP contribution in [0.4, 0.5) is 4.39 Å². The summed E-state index contributed by atoms with van der Waals surface area (Å²) in [4.78, 5) is 2.06. The molecule has 20 heavy (non-hydrogen) atoms. The molecule has 0 aliphatic rings. The van der Waals surface area contributed by atoms with Crippen LogP contribution >= 0.6 is 0 Å². The van der Waals surface area contributed by atoms with Crippen LogP contribution in [-0.4, -0.2) is 11.9 Å². The SMILES string of the molecule is Cc1cc(C#N)ccc1CN(C)Cc1ccccc1F. The predicted octanol–water partition coefficient (Wildman–Crippen LogP) is 3.64. The Kier molecular flexibility index (Phi) is 4.49. The fourth-order valence-electron chi connectivity index (χ4n) is 2.21. The second-order valence-corrected chi connectivity index (χ2v) is 5.02. The van der Waals surface area contributed by atoms with Gasteiger partial charge in [-0.3, -0.25) is 4.90 Å². The van der Waals surface area contributed by atoms with Crippen molar-refractivity contribution in [3.05, 3.63) is 70.5 Å². The van der Waals surface area contributed by atoms with Gasteiger partial charge in [0.25, 0.3) is 0 Å². The van der Waals surface area contributed by atoms with E-state index in [9.17, 15) is 4.39 Å². The van der Waals surface area contributed by atoms with Gasteiger partial charge in [0.05, 0.1) is 11.6 Å². The maximum Gasteiger partial charge on any atom is 0.127 e. The van der Waals surface area contributed by atoms with Crippen LogP contribution in [0.1, 0.15) is 22.3 Å². The van der Waals surface area contributed by atoms with Gasteiger partial charge in [-0.05, 0) is 43.3 Å². The van der Waals surface area contributed by atoms with Gasteiger partial charge in [-0.15, -0.1) is 0 Å². The molecule has 0 bridgehead atoms. The van der Waals surface area contributed by atoms with Gasteiger partial charge in [0.1, 0.15) is 5.82 Å². The lowest BCUT2D eigenvalue weighted by atomic mass is 10.0. The van der Waals surface area contributed by atoms with Crippen molar-refractivity contribution in [2.24, 2.45) is 0 Å². The van der Waals surface area contributed by atoms with Crippen molar-refractivity contribution in [2.75, 3.05) is 7.05 Å². The third-order valence-corrected chi connectivity index (χ3v) is 3.31. The van der Waals surface area contributed by atoms with Gasteiger partial charge in [0.2, 0.25) is 0 Å². The number of nitrogens with zero attached hydrogens (tertiary/aromatic N) is 2. The first-order valence-corrected chi connectivity index (χ1v) is 6.51. The van der Waals surface area contributed by atoms with Gasteiger partial charge >= 0.3 is 0 Å². The topological polar surface area (TPSA) is 27.0 Å². The molecule has 0 atom stereocenters. The predicted molar refractivity (Wildman–Crippen MR) is 77.5 cm³/mol. The van der Waals surface area contributed by atoms with Crippen LogP contribution in [0.25, 0.3) is 0 Å². The van der Waals surface area contributed by atoms with Crippen LogP contribution in [-0.2, 0) is 13.1 Å². The van der Waals surface area contributed by atoms with Crippen molar-refractivity contribution in [2.45, 2.75) is 20.0 Å². The number of hydrogen-bond acceptors (Lipinski definition) is 2. The van der Waals surface area contributed by atoms with Crippen LogP contribution in [0.2, 0.25) is 0 Å². The number of nitriles is 1. The molecule has 0 unspecified atom stereocenters. The Morgan fingerprint density at radius 3 is 2.45 bits per heavy atom. The minimum atomic E-state index is -0.170. The highest BCUT2D eigenvalue weighted by Crippen LogP contribution is 2.15. The second kappa shape index (κ2) is 6.31. The molecule has 0 spiro atoms. The zero-order valence-corrected chi connectivity index (χ0v) is 11.7. The Morgan fingerprint density at radius 1 is 1.10 bits per heavy atom. The number of aryl methyl sites for hydroxylation is 1. The van der Waals surface area contributed by atoms with Crippen molar-refractivity contribution >= 4 is 0 Å². The Hall–Kier alpha value is -2.18. The van der Waals surface area contributed by atoms with Gasteiger partial charge in [-0.1, -0.05) is 24.3 Å². The largest absolute Gasteiger partial charge is 0.298 e. The quantitative estimate of drug-likeness (QED) is 0.846. The second-order valence-electron chi connectivity index (χ2n) is 5.02. The summed E-state index contributed by atoms with van der Waals surface area (Å²) in [5.74, 6) is -0.170. The molecule has 0 amide bonds. The van der Waals surface area contributed by atoms with E-state index < -0.39 is 0 Å². The molecular weight excluding hydrogens is 251 g/mol. The first-order valence-electron chi connectivity index (χ1n) is 6.51. The van der Waals surface area contributed by atoms with E-state index in [0.717, 1.165) is 17.7 Å². The lowest BCUT2D eigenvalue weighted by Gasteiger charge is -2.18. The average Bonchev–Trinajstić information content (AvgIpc) is 2.43. The minimum absolute atomic E-state index is 0.170. The fourth-order valence-corrected chi connectivity index (χ4v) is 2.21. The van der Waals surface area contributed by atoms with Crippen LogP contribution in [0.5, 0.6) is 0 Å². The molecule has 0 N–H and O–H groups in total.